The van der Waals surface area contributed by atoms with Crippen LogP contribution in [0.4, 0.5) is 0 Å². The summed E-state index contributed by atoms with van der Waals surface area (Å²) in [6, 6.07) is 2.65. The Hall–Kier alpha value is -1.06. The zero-order valence-corrected chi connectivity index (χ0v) is 12.5. The average molecular weight is 263 g/mol. The summed E-state index contributed by atoms with van der Waals surface area (Å²) >= 11 is 0. The van der Waals surface area contributed by atoms with E-state index >= 15 is 0 Å². The molecule has 1 aliphatic rings. The molecule has 0 spiro atoms. The summed E-state index contributed by atoms with van der Waals surface area (Å²) < 4.78 is 10.9. The third-order valence-corrected chi connectivity index (χ3v) is 4.17. The Morgan fingerprint density at radius 1 is 1.32 bits per heavy atom. The van der Waals surface area contributed by atoms with E-state index < -0.39 is 0 Å². The van der Waals surface area contributed by atoms with Crippen molar-refractivity contribution in [3.05, 3.63) is 28.3 Å². The third-order valence-electron chi connectivity index (χ3n) is 4.17. The molecule has 0 amide bonds. The highest BCUT2D eigenvalue weighted by Crippen LogP contribution is 2.28. The van der Waals surface area contributed by atoms with Crippen LogP contribution in [0.15, 0.2) is 6.07 Å². The van der Waals surface area contributed by atoms with Gasteiger partial charge in [-0.1, -0.05) is 0 Å². The molecule has 2 rings (SSSR count). The van der Waals surface area contributed by atoms with Gasteiger partial charge >= 0.3 is 0 Å². The summed E-state index contributed by atoms with van der Waals surface area (Å²) in [4.78, 5) is 0. The minimum Gasteiger partial charge on any atom is -0.496 e. The van der Waals surface area contributed by atoms with Crippen LogP contribution in [-0.2, 0) is 11.2 Å². The van der Waals surface area contributed by atoms with E-state index in [1.807, 2.05) is 0 Å². The maximum absolute atomic E-state index is 5.51. The van der Waals surface area contributed by atoms with E-state index in [4.69, 9.17) is 9.47 Å². The maximum Gasteiger partial charge on any atom is 0.122 e. The Balaban J connectivity index is 2.09. The van der Waals surface area contributed by atoms with Crippen LogP contribution < -0.4 is 10.1 Å². The highest BCUT2D eigenvalue weighted by atomic mass is 16.5. The molecular formula is C16H25NO2. The van der Waals surface area contributed by atoms with Gasteiger partial charge in [0, 0.05) is 12.6 Å². The Morgan fingerprint density at radius 3 is 2.74 bits per heavy atom. The molecular weight excluding hydrogens is 238 g/mol. The van der Waals surface area contributed by atoms with Crippen LogP contribution in [0.5, 0.6) is 5.75 Å². The molecule has 0 saturated carbocycles. The molecule has 0 radical (unpaired) electrons. The molecule has 1 aromatic carbocycles. The van der Waals surface area contributed by atoms with Gasteiger partial charge in [-0.2, -0.15) is 0 Å². The van der Waals surface area contributed by atoms with Crippen LogP contribution in [0.25, 0.3) is 0 Å². The summed E-state index contributed by atoms with van der Waals surface area (Å²) in [5.41, 5.74) is 5.42. The zero-order valence-electron chi connectivity index (χ0n) is 12.5. The molecule has 1 aliphatic heterocycles. The first-order chi connectivity index (χ1) is 9.13. The number of ether oxygens (including phenoxy) is 2. The zero-order chi connectivity index (χ0) is 13.8. The highest BCUT2D eigenvalue weighted by molar-refractivity contribution is 5.48. The van der Waals surface area contributed by atoms with E-state index in [1.165, 1.54) is 22.3 Å². The summed E-state index contributed by atoms with van der Waals surface area (Å²) in [6.07, 6.45) is 2.23. The SMILES string of the molecule is COc1cc(C)c(CCC2COCCN2)c(C)c1C. The van der Waals surface area contributed by atoms with Gasteiger partial charge in [0.15, 0.2) is 0 Å². The summed E-state index contributed by atoms with van der Waals surface area (Å²) in [5.74, 6) is 0.998. The lowest BCUT2D eigenvalue weighted by atomic mass is 9.93. The fraction of sp³-hybridized carbons (Fsp3) is 0.625. The van der Waals surface area contributed by atoms with Crippen molar-refractivity contribution in [2.45, 2.75) is 39.7 Å². The van der Waals surface area contributed by atoms with E-state index in [2.05, 4.69) is 32.2 Å². The van der Waals surface area contributed by atoms with Gasteiger partial charge in [0.05, 0.1) is 20.3 Å². The van der Waals surface area contributed by atoms with E-state index in [0.29, 0.717) is 6.04 Å². The molecule has 106 valence electrons. The Bertz CT molecular complexity index is 437. The number of benzene rings is 1. The van der Waals surface area contributed by atoms with Gasteiger partial charge in [-0.25, -0.2) is 0 Å². The predicted molar refractivity (Wildman–Crippen MR) is 78.1 cm³/mol. The predicted octanol–water partition coefficient (Wildman–Crippen LogP) is 2.54. The van der Waals surface area contributed by atoms with Gasteiger partial charge in [0.1, 0.15) is 5.75 Å². The maximum atomic E-state index is 5.51. The van der Waals surface area contributed by atoms with Crippen molar-refractivity contribution in [2.24, 2.45) is 0 Å². The summed E-state index contributed by atoms with van der Waals surface area (Å²) in [7, 11) is 1.74. The summed E-state index contributed by atoms with van der Waals surface area (Å²) in [5, 5.41) is 3.52. The fourth-order valence-corrected chi connectivity index (χ4v) is 2.82. The number of methoxy groups -OCH3 is 1. The van der Waals surface area contributed by atoms with E-state index in [9.17, 15) is 0 Å². The van der Waals surface area contributed by atoms with Crippen molar-refractivity contribution in [1.29, 1.82) is 0 Å². The van der Waals surface area contributed by atoms with Crippen LogP contribution in [0.1, 0.15) is 28.7 Å². The van der Waals surface area contributed by atoms with Crippen LogP contribution >= 0.6 is 0 Å². The molecule has 0 aliphatic carbocycles. The Morgan fingerprint density at radius 2 is 2.11 bits per heavy atom. The second-order valence-electron chi connectivity index (χ2n) is 5.39. The van der Waals surface area contributed by atoms with Crippen LogP contribution in [-0.4, -0.2) is 32.9 Å². The number of nitrogens with one attached hydrogen (secondary N) is 1. The van der Waals surface area contributed by atoms with E-state index in [0.717, 1.165) is 38.3 Å². The second-order valence-corrected chi connectivity index (χ2v) is 5.39. The first-order valence-electron chi connectivity index (χ1n) is 7.08. The number of hydrogen-bond acceptors (Lipinski definition) is 3. The van der Waals surface area contributed by atoms with Crippen molar-refractivity contribution in [1.82, 2.24) is 5.32 Å². The van der Waals surface area contributed by atoms with Crippen molar-refractivity contribution in [3.63, 3.8) is 0 Å². The first kappa shape index (κ1) is 14.4. The molecule has 1 saturated heterocycles. The Kier molecular flexibility index (Phi) is 4.83. The molecule has 19 heavy (non-hydrogen) atoms. The van der Waals surface area contributed by atoms with Crippen LogP contribution in [0.3, 0.4) is 0 Å². The van der Waals surface area contributed by atoms with Gasteiger partial charge < -0.3 is 14.8 Å². The molecule has 0 aromatic heterocycles. The highest BCUT2D eigenvalue weighted by Gasteiger charge is 2.15. The molecule has 3 heteroatoms. The van der Waals surface area contributed by atoms with E-state index in [1.54, 1.807) is 7.11 Å². The van der Waals surface area contributed by atoms with Crippen molar-refractivity contribution in [2.75, 3.05) is 26.9 Å². The fourth-order valence-electron chi connectivity index (χ4n) is 2.82. The molecule has 0 bridgehead atoms. The molecule has 1 heterocycles. The standard InChI is InChI=1S/C16H25NO2/c1-11-9-16(18-4)13(3)12(2)15(11)6-5-14-10-19-8-7-17-14/h9,14,17H,5-8,10H2,1-4H3. The minimum absolute atomic E-state index is 0.495. The second kappa shape index (κ2) is 6.40. The number of hydrogen-bond donors (Lipinski definition) is 1. The average Bonchev–Trinajstić information content (AvgIpc) is 2.44. The molecule has 3 nitrogen and oxygen atoms in total. The summed E-state index contributed by atoms with van der Waals surface area (Å²) in [6.45, 7) is 9.17. The topological polar surface area (TPSA) is 30.5 Å². The molecule has 1 unspecified atom stereocenters. The third kappa shape index (κ3) is 3.28. The van der Waals surface area contributed by atoms with Crippen molar-refractivity contribution in [3.8, 4) is 5.75 Å². The molecule has 1 fully saturated rings. The minimum atomic E-state index is 0.495. The van der Waals surface area contributed by atoms with Crippen LogP contribution in [0.2, 0.25) is 0 Å². The lowest BCUT2D eigenvalue weighted by molar-refractivity contribution is 0.0743. The molecule has 1 N–H and O–H groups in total. The molecule has 1 aromatic rings. The lowest BCUT2D eigenvalue weighted by Gasteiger charge is -2.24. The van der Waals surface area contributed by atoms with Gasteiger partial charge in [0.2, 0.25) is 0 Å². The molecule has 1 atom stereocenters. The smallest absolute Gasteiger partial charge is 0.122 e. The van der Waals surface area contributed by atoms with Gasteiger partial charge in [-0.05, 0) is 61.9 Å². The normalized spacial score (nSPS) is 19.5. The van der Waals surface area contributed by atoms with Crippen molar-refractivity contribution < 1.29 is 9.47 Å². The quantitative estimate of drug-likeness (QED) is 0.905. The number of aryl methyl sites for hydroxylation is 1. The van der Waals surface area contributed by atoms with Crippen LogP contribution in [0, 0.1) is 20.8 Å². The van der Waals surface area contributed by atoms with Gasteiger partial charge in [0.25, 0.3) is 0 Å². The largest absolute Gasteiger partial charge is 0.496 e. The first-order valence-corrected chi connectivity index (χ1v) is 7.08. The number of morpholine rings is 1. The van der Waals surface area contributed by atoms with E-state index in [-0.39, 0.29) is 0 Å². The monoisotopic (exact) mass is 263 g/mol. The van der Waals surface area contributed by atoms with Gasteiger partial charge in [-0.3, -0.25) is 0 Å². The lowest BCUT2D eigenvalue weighted by Crippen LogP contribution is -2.41. The Labute approximate surface area is 116 Å². The number of rotatable bonds is 4. The van der Waals surface area contributed by atoms with Crippen molar-refractivity contribution >= 4 is 0 Å². The van der Waals surface area contributed by atoms with Gasteiger partial charge in [-0.15, -0.1) is 0 Å².